The van der Waals surface area contributed by atoms with Crippen molar-refractivity contribution >= 4 is 60.7 Å². The van der Waals surface area contributed by atoms with Gasteiger partial charge in [0, 0.05) is 23.4 Å². The molecule has 5 aromatic heterocycles. The van der Waals surface area contributed by atoms with Crippen LogP contribution in [0.1, 0.15) is 22.6 Å². The van der Waals surface area contributed by atoms with E-state index < -0.39 is 0 Å². The van der Waals surface area contributed by atoms with E-state index in [2.05, 4.69) is 95.4 Å². The van der Waals surface area contributed by atoms with Gasteiger partial charge in [0.05, 0.1) is 22.1 Å². The van der Waals surface area contributed by atoms with E-state index in [-0.39, 0.29) is 21.1 Å². The van der Waals surface area contributed by atoms with Crippen LogP contribution in [0, 0.1) is 12.1 Å². The number of pyridine rings is 2. The Morgan fingerprint density at radius 1 is 0.750 bits per heavy atom. The molecule has 12 rings (SSSR count). The van der Waals surface area contributed by atoms with Crippen molar-refractivity contribution in [1.82, 2.24) is 23.9 Å². The number of furan rings is 1. The Hall–Kier alpha value is -6.56. The molecule has 0 aliphatic heterocycles. The molecule has 7 nitrogen and oxygen atoms in total. The first-order chi connectivity index (χ1) is 27.2. The van der Waals surface area contributed by atoms with Crippen LogP contribution in [0.2, 0.25) is 0 Å². The molecule has 0 N–H and O–H groups in total. The van der Waals surface area contributed by atoms with Crippen molar-refractivity contribution in [3.8, 4) is 28.6 Å². The SMILES string of the molecule is [Pt+2].[c-]1ccccc1-n1c2nc(Oc3[c-]c(-c4nccc5c4CC(c4ccccc4)C5)c4oc5ccc6ccccc6c5c4c3)ccc2n2c3ccccc3nc12. The summed E-state index contributed by atoms with van der Waals surface area (Å²) in [4.78, 5) is 15.2. The van der Waals surface area contributed by atoms with E-state index in [4.69, 9.17) is 24.1 Å². The van der Waals surface area contributed by atoms with E-state index in [9.17, 15) is 0 Å². The number of hydrogen-bond acceptors (Lipinski definition) is 5. The molecule has 1 unspecified atom stereocenters. The third kappa shape index (κ3) is 4.97. The third-order valence-corrected chi connectivity index (χ3v) is 11.1. The Labute approximate surface area is 335 Å². The Bertz CT molecular complexity index is 3310. The van der Waals surface area contributed by atoms with Crippen molar-refractivity contribution in [2.24, 2.45) is 0 Å². The number of ether oxygens (including phenoxy) is 1. The van der Waals surface area contributed by atoms with Gasteiger partial charge in [-0.2, -0.15) is 29.2 Å². The Morgan fingerprint density at radius 3 is 2.52 bits per heavy atom. The van der Waals surface area contributed by atoms with Gasteiger partial charge in [-0.1, -0.05) is 107 Å². The summed E-state index contributed by atoms with van der Waals surface area (Å²) in [6.07, 6.45) is 3.76. The minimum Gasteiger partial charge on any atom is -0.501 e. The zero-order chi connectivity index (χ0) is 36.0. The van der Waals surface area contributed by atoms with Gasteiger partial charge in [-0.15, -0.1) is 6.07 Å². The largest absolute Gasteiger partial charge is 2.00 e. The van der Waals surface area contributed by atoms with Crippen molar-refractivity contribution in [3.05, 3.63) is 175 Å². The first-order valence-electron chi connectivity index (χ1n) is 18.5. The maximum atomic E-state index is 6.76. The monoisotopic (exact) mass is 902 g/mol. The summed E-state index contributed by atoms with van der Waals surface area (Å²) in [5, 5.41) is 4.24. The molecule has 0 saturated heterocycles. The summed E-state index contributed by atoms with van der Waals surface area (Å²) < 4.78 is 17.7. The number of para-hydroxylation sites is 3. The van der Waals surface area contributed by atoms with Crippen LogP contribution >= 0.6 is 0 Å². The molecule has 1 aliphatic rings. The van der Waals surface area contributed by atoms with Gasteiger partial charge in [-0.25, -0.2) is 4.98 Å². The number of fused-ring (bicyclic) bond motifs is 11. The van der Waals surface area contributed by atoms with Crippen LogP contribution in [0.3, 0.4) is 0 Å². The zero-order valence-corrected chi connectivity index (χ0v) is 32.0. The minimum absolute atomic E-state index is 0. The molecule has 5 heterocycles. The van der Waals surface area contributed by atoms with E-state index >= 15 is 0 Å². The topological polar surface area (TPSA) is 70.4 Å². The smallest absolute Gasteiger partial charge is 0.501 e. The van der Waals surface area contributed by atoms with Crippen molar-refractivity contribution in [1.29, 1.82) is 0 Å². The Kier molecular flexibility index (Phi) is 7.48. The standard InChI is InChI=1S/C48H29N5O2.Pt/c1-3-11-29(12-4-1)32-25-31-23-24-49-45(36(31)26-32)38-28-34(27-37-44-35-16-8-7-13-30(35)19-21-42(44)55-46(37)38)54-43-22-20-41-47(51-43)52(33-14-5-2-6-15-33)48-50-39-17-9-10-18-40(39)53(41)48;/h1-14,16-24,27,32H,25-26H2;/q-2;+2. The maximum absolute atomic E-state index is 6.76. The molecule has 0 radical (unpaired) electrons. The molecular weight excluding hydrogens is 874 g/mol. The van der Waals surface area contributed by atoms with Crippen LogP contribution in [0.4, 0.5) is 0 Å². The summed E-state index contributed by atoms with van der Waals surface area (Å²) in [6.45, 7) is 0. The Morgan fingerprint density at radius 2 is 1.61 bits per heavy atom. The van der Waals surface area contributed by atoms with Gasteiger partial charge in [0.15, 0.2) is 5.65 Å². The normalized spacial score (nSPS) is 14.0. The van der Waals surface area contributed by atoms with Crippen molar-refractivity contribution in [2.75, 3.05) is 0 Å². The van der Waals surface area contributed by atoms with Crippen LogP contribution in [0.25, 0.3) is 77.6 Å². The fourth-order valence-electron chi connectivity index (χ4n) is 8.67. The van der Waals surface area contributed by atoms with E-state index in [1.54, 1.807) is 0 Å². The summed E-state index contributed by atoms with van der Waals surface area (Å²) in [5.74, 6) is 2.10. The fourth-order valence-corrected chi connectivity index (χ4v) is 8.67. The molecule has 1 aliphatic carbocycles. The summed E-state index contributed by atoms with van der Waals surface area (Å²) >= 11 is 0. The molecule has 6 aromatic carbocycles. The molecule has 0 bridgehead atoms. The van der Waals surface area contributed by atoms with E-state index in [0.29, 0.717) is 23.2 Å². The first kappa shape index (κ1) is 32.8. The number of imidazole rings is 2. The molecule has 0 spiro atoms. The summed E-state index contributed by atoms with van der Waals surface area (Å²) in [5.41, 5.74) is 11.5. The number of nitrogens with zero attached hydrogens (tertiary/aromatic N) is 5. The molecule has 1 atom stereocenters. The maximum Gasteiger partial charge on any atom is 2.00 e. The number of aromatic nitrogens is 5. The molecular formula is C48H29N5O2Pt. The molecule has 11 aromatic rings. The zero-order valence-electron chi connectivity index (χ0n) is 29.7. The molecule has 8 heteroatoms. The van der Waals surface area contributed by atoms with Crippen LogP contribution in [-0.4, -0.2) is 23.9 Å². The van der Waals surface area contributed by atoms with E-state index in [1.165, 1.54) is 16.7 Å². The predicted octanol–water partition coefficient (Wildman–Crippen LogP) is 11.2. The fraction of sp³-hybridized carbons (Fsp3) is 0.0625. The van der Waals surface area contributed by atoms with Crippen molar-refractivity contribution < 1.29 is 30.2 Å². The molecule has 268 valence electrons. The summed E-state index contributed by atoms with van der Waals surface area (Å²) in [6, 6.07) is 54.6. The van der Waals surface area contributed by atoms with Crippen molar-refractivity contribution in [3.63, 3.8) is 0 Å². The molecule has 0 fully saturated rings. The molecule has 0 saturated carbocycles. The minimum atomic E-state index is 0. The van der Waals surface area contributed by atoms with Gasteiger partial charge in [-0.05, 0) is 76.7 Å². The van der Waals surface area contributed by atoms with E-state index in [0.717, 1.165) is 84.8 Å². The van der Waals surface area contributed by atoms with Gasteiger partial charge >= 0.3 is 21.1 Å². The van der Waals surface area contributed by atoms with Gasteiger partial charge in [0.1, 0.15) is 5.58 Å². The Balaban J connectivity index is 0.00000363. The van der Waals surface area contributed by atoms with Crippen LogP contribution < -0.4 is 4.74 Å². The number of hydrogen-bond donors (Lipinski definition) is 0. The van der Waals surface area contributed by atoms with E-state index in [1.807, 2.05) is 71.4 Å². The van der Waals surface area contributed by atoms with Crippen LogP contribution in [0.5, 0.6) is 11.6 Å². The van der Waals surface area contributed by atoms with Gasteiger partial charge in [-0.3, -0.25) is 8.97 Å². The third-order valence-electron chi connectivity index (χ3n) is 11.1. The van der Waals surface area contributed by atoms with Crippen molar-refractivity contribution in [2.45, 2.75) is 18.8 Å². The summed E-state index contributed by atoms with van der Waals surface area (Å²) in [7, 11) is 0. The number of rotatable bonds is 5. The average Bonchev–Trinajstić information content (AvgIpc) is 4.01. The quantitative estimate of drug-likeness (QED) is 0.161. The molecule has 56 heavy (non-hydrogen) atoms. The van der Waals surface area contributed by atoms with Gasteiger partial charge in [0.25, 0.3) is 0 Å². The van der Waals surface area contributed by atoms with Crippen LogP contribution in [-0.2, 0) is 33.9 Å². The van der Waals surface area contributed by atoms with Gasteiger partial charge < -0.3 is 14.1 Å². The second kappa shape index (κ2) is 12.8. The number of benzene rings is 6. The van der Waals surface area contributed by atoms with Gasteiger partial charge in [0.2, 0.25) is 11.7 Å². The predicted molar refractivity (Wildman–Crippen MR) is 216 cm³/mol. The first-order valence-corrected chi connectivity index (χ1v) is 18.5. The van der Waals surface area contributed by atoms with Crippen LogP contribution in [0.15, 0.2) is 150 Å². The average molecular weight is 903 g/mol. The second-order valence-electron chi connectivity index (χ2n) is 14.2. The molecule has 0 amide bonds. The second-order valence-corrected chi connectivity index (χ2v) is 14.2.